The van der Waals surface area contributed by atoms with E-state index >= 15 is 0 Å². The molecule has 0 aliphatic carbocycles. The first-order valence-corrected chi connectivity index (χ1v) is 4.13. The molecule has 64 valence electrons. The summed E-state index contributed by atoms with van der Waals surface area (Å²) in [5.74, 6) is -0.495. The number of rotatable bonds is 2. The summed E-state index contributed by atoms with van der Waals surface area (Å²) in [5, 5.41) is -0.667. The van der Waals surface area contributed by atoms with Crippen LogP contribution in [0, 0.1) is 0 Å². The molecule has 2 N–H and O–H groups in total. The van der Waals surface area contributed by atoms with Gasteiger partial charge in [0.15, 0.2) is 0 Å². The van der Waals surface area contributed by atoms with Crippen molar-refractivity contribution in [3.05, 3.63) is 0 Å². The summed E-state index contributed by atoms with van der Waals surface area (Å²) in [6.07, 6.45) is 1.82. The maximum Gasteiger partial charge on any atom is 0.238 e. The molecule has 0 radical (unpaired) electrons. The minimum Gasteiger partial charge on any atom is -0.373 e. The number of halogens is 1. The van der Waals surface area contributed by atoms with Gasteiger partial charge in [0, 0.05) is 0 Å². The summed E-state index contributed by atoms with van der Waals surface area (Å²) in [5.41, 5.74) is 5.01. The number of primary amides is 1. The molecule has 1 amide bonds. The van der Waals surface area contributed by atoms with Gasteiger partial charge in [0.25, 0.3) is 0 Å². The van der Waals surface area contributed by atoms with Gasteiger partial charge in [-0.3, -0.25) is 4.79 Å². The minimum atomic E-state index is -0.667. The lowest BCUT2D eigenvalue weighted by Gasteiger charge is -2.13. The number of alkyl halides is 1. The van der Waals surface area contributed by atoms with Crippen LogP contribution in [0.15, 0.2) is 0 Å². The standard InChI is InChI=1S/C7H12ClNO2/c1-4-2-3-5(11-4)6(8)7(9)10/h4-6H,2-3H2,1H3,(H2,9,10). The summed E-state index contributed by atoms with van der Waals surface area (Å²) in [4.78, 5) is 10.6. The number of carbonyl (C=O) groups excluding carboxylic acids is 1. The predicted molar refractivity (Wildman–Crippen MR) is 42.4 cm³/mol. The highest BCUT2D eigenvalue weighted by atomic mass is 35.5. The topological polar surface area (TPSA) is 52.3 Å². The van der Waals surface area contributed by atoms with Gasteiger partial charge in [-0.15, -0.1) is 11.6 Å². The molecule has 0 spiro atoms. The summed E-state index contributed by atoms with van der Waals surface area (Å²) in [7, 11) is 0. The van der Waals surface area contributed by atoms with Crippen LogP contribution in [0.1, 0.15) is 19.8 Å². The molecule has 4 heteroatoms. The van der Waals surface area contributed by atoms with Crippen molar-refractivity contribution < 1.29 is 9.53 Å². The number of hydrogen-bond acceptors (Lipinski definition) is 2. The normalized spacial score (nSPS) is 33.6. The van der Waals surface area contributed by atoms with Crippen LogP contribution in [0.2, 0.25) is 0 Å². The molecule has 1 rings (SSSR count). The average molecular weight is 178 g/mol. The van der Waals surface area contributed by atoms with Crippen molar-refractivity contribution in [1.29, 1.82) is 0 Å². The fourth-order valence-corrected chi connectivity index (χ4v) is 1.42. The van der Waals surface area contributed by atoms with Crippen LogP contribution >= 0.6 is 11.6 Å². The Morgan fingerprint density at radius 3 is 2.73 bits per heavy atom. The lowest BCUT2D eigenvalue weighted by atomic mass is 10.1. The van der Waals surface area contributed by atoms with Crippen LogP contribution in [0.4, 0.5) is 0 Å². The summed E-state index contributed by atoms with van der Waals surface area (Å²) >= 11 is 5.69. The molecule has 1 aliphatic heterocycles. The quantitative estimate of drug-likeness (QED) is 0.630. The van der Waals surface area contributed by atoms with E-state index in [4.69, 9.17) is 22.1 Å². The average Bonchev–Trinajstić information content (AvgIpc) is 2.34. The van der Waals surface area contributed by atoms with E-state index in [1.165, 1.54) is 0 Å². The van der Waals surface area contributed by atoms with Gasteiger partial charge in [-0.2, -0.15) is 0 Å². The van der Waals surface area contributed by atoms with Crippen LogP contribution in [0.5, 0.6) is 0 Å². The Balaban J connectivity index is 2.43. The van der Waals surface area contributed by atoms with Gasteiger partial charge in [-0.05, 0) is 19.8 Å². The Morgan fingerprint density at radius 1 is 1.73 bits per heavy atom. The van der Waals surface area contributed by atoms with E-state index < -0.39 is 11.3 Å². The number of amides is 1. The molecule has 0 bridgehead atoms. The third-order valence-corrected chi connectivity index (χ3v) is 2.36. The zero-order chi connectivity index (χ0) is 8.43. The number of hydrogen-bond donors (Lipinski definition) is 1. The molecule has 1 saturated heterocycles. The van der Waals surface area contributed by atoms with Crippen molar-refractivity contribution in [2.24, 2.45) is 5.73 Å². The van der Waals surface area contributed by atoms with E-state index in [0.717, 1.165) is 12.8 Å². The van der Waals surface area contributed by atoms with Gasteiger partial charge < -0.3 is 10.5 Å². The van der Waals surface area contributed by atoms with Gasteiger partial charge in [0.2, 0.25) is 5.91 Å². The van der Waals surface area contributed by atoms with E-state index in [0.29, 0.717) is 0 Å². The third kappa shape index (κ3) is 2.07. The Hall–Kier alpha value is -0.280. The molecule has 3 unspecified atom stereocenters. The van der Waals surface area contributed by atoms with E-state index in [-0.39, 0.29) is 12.2 Å². The Bertz CT molecular complexity index is 163. The molecular formula is C7H12ClNO2. The minimum absolute atomic E-state index is 0.177. The van der Waals surface area contributed by atoms with E-state index in [1.807, 2.05) is 6.92 Å². The van der Waals surface area contributed by atoms with Gasteiger partial charge in [-0.25, -0.2) is 0 Å². The third-order valence-electron chi connectivity index (χ3n) is 1.86. The van der Waals surface area contributed by atoms with Gasteiger partial charge in [-0.1, -0.05) is 0 Å². The first-order chi connectivity index (χ1) is 5.11. The van der Waals surface area contributed by atoms with Gasteiger partial charge in [0.05, 0.1) is 12.2 Å². The smallest absolute Gasteiger partial charge is 0.238 e. The van der Waals surface area contributed by atoms with E-state index in [1.54, 1.807) is 0 Å². The molecule has 0 aromatic heterocycles. The Labute approximate surface area is 70.8 Å². The molecule has 0 aromatic rings. The lowest BCUT2D eigenvalue weighted by molar-refractivity contribution is -0.120. The number of ether oxygens (including phenoxy) is 1. The van der Waals surface area contributed by atoms with Crippen molar-refractivity contribution in [3.63, 3.8) is 0 Å². The van der Waals surface area contributed by atoms with Crippen LogP contribution in [0.3, 0.4) is 0 Å². The zero-order valence-electron chi connectivity index (χ0n) is 6.42. The monoisotopic (exact) mass is 177 g/mol. The maximum absolute atomic E-state index is 10.6. The highest BCUT2D eigenvalue weighted by Crippen LogP contribution is 2.24. The van der Waals surface area contributed by atoms with Crippen molar-refractivity contribution >= 4 is 17.5 Å². The van der Waals surface area contributed by atoms with Crippen molar-refractivity contribution in [1.82, 2.24) is 0 Å². The van der Waals surface area contributed by atoms with Crippen molar-refractivity contribution in [2.45, 2.75) is 37.4 Å². The van der Waals surface area contributed by atoms with Crippen LogP contribution < -0.4 is 5.73 Å². The summed E-state index contributed by atoms with van der Waals surface area (Å²) in [6.45, 7) is 1.96. The van der Waals surface area contributed by atoms with E-state index in [2.05, 4.69) is 0 Å². The molecule has 1 heterocycles. The zero-order valence-corrected chi connectivity index (χ0v) is 7.17. The highest BCUT2D eigenvalue weighted by molar-refractivity contribution is 6.31. The summed E-state index contributed by atoms with van der Waals surface area (Å²) < 4.78 is 5.35. The maximum atomic E-state index is 10.6. The molecule has 0 aromatic carbocycles. The SMILES string of the molecule is CC1CCC(C(Cl)C(N)=O)O1. The fourth-order valence-electron chi connectivity index (χ4n) is 1.23. The molecule has 11 heavy (non-hydrogen) atoms. The largest absolute Gasteiger partial charge is 0.373 e. The number of nitrogens with two attached hydrogens (primary N) is 1. The Morgan fingerprint density at radius 2 is 2.36 bits per heavy atom. The van der Waals surface area contributed by atoms with Crippen LogP contribution in [-0.4, -0.2) is 23.5 Å². The summed E-state index contributed by atoms with van der Waals surface area (Å²) in [6, 6.07) is 0. The second-order valence-corrected chi connectivity index (χ2v) is 3.34. The van der Waals surface area contributed by atoms with Crippen molar-refractivity contribution in [2.75, 3.05) is 0 Å². The van der Waals surface area contributed by atoms with Crippen LogP contribution in [-0.2, 0) is 9.53 Å². The second-order valence-electron chi connectivity index (χ2n) is 2.87. The van der Waals surface area contributed by atoms with Crippen molar-refractivity contribution in [3.8, 4) is 0 Å². The lowest BCUT2D eigenvalue weighted by Crippen LogP contribution is -2.34. The fraction of sp³-hybridized carbons (Fsp3) is 0.857. The molecule has 0 saturated carbocycles. The molecule has 3 nitrogen and oxygen atoms in total. The molecular weight excluding hydrogens is 166 g/mol. The van der Waals surface area contributed by atoms with Gasteiger partial charge >= 0.3 is 0 Å². The van der Waals surface area contributed by atoms with Gasteiger partial charge in [0.1, 0.15) is 5.38 Å². The predicted octanol–water partition coefficient (Wildman–Crippen LogP) is 0.647. The van der Waals surface area contributed by atoms with E-state index in [9.17, 15) is 4.79 Å². The first kappa shape index (κ1) is 8.81. The molecule has 1 aliphatic rings. The molecule has 3 atom stereocenters. The van der Waals surface area contributed by atoms with Crippen LogP contribution in [0.25, 0.3) is 0 Å². The molecule has 1 fully saturated rings. The second kappa shape index (κ2) is 3.41. The first-order valence-electron chi connectivity index (χ1n) is 3.70. The Kier molecular flexibility index (Phi) is 2.73. The highest BCUT2D eigenvalue weighted by Gasteiger charge is 2.31. The number of carbonyl (C=O) groups is 1.